The SMILES string of the molecule is CNC(c1ccoc1C)c1cc(Br)cc2c1OCC2. The van der Waals surface area contributed by atoms with Gasteiger partial charge in [0.05, 0.1) is 18.9 Å². The molecule has 4 heteroatoms. The standard InChI is InChI=1S/C15H16BrNO2/c1-9-12(4-6-18-9)14(17-2)13-8-11(16)7-10-3-5-19-15(10)13/h4,6-8,14,17H,3,5H2,1-2H3. The Kier molecular flexibility index (Phi) is 3.37. The van der Waals surface area contributed by atoms with Gasteiger partial charge in [-0.25, -0.2) is 0 Å². The first-order chi connectivity index (χ1) is 9.20. The molecular formula is C15H16BrNO2. The Labute approximate surface area is 121 Å². The van der Waals surface area contributed by atoms with Crippen molar-refractivity contribution in [2.75, 3.05) is 13.7 Å². The zero-order chi connectivity index (χ0) is 13.4. The number of hydrogen-bond donors (Lipinski definition) is 1. The van der Waals surface area contributed by atoms with E-state index in [1.54, 1.807) is 6.26 Å². The Balaban J connectivity index is 2.12. The smallest absolute Gasteiger partial charge is 0.127 e. The molecule has 100 valence electrons. The molecule has 1 aromatic heterocycles. The highest BCUT2D eigenvalue weighted by Gasteiger charge is 2.25. The van der Waals surface area contributed by atoms with Crippen LogP contribution in [0.4, 0.5) is 0 Å². The van der Waals surface area contributed by atoms with Crippen LogP contribution in [-0.2, 0) is 6.42 Å². The van der Waals surface area contributed by atoms with Crippen molar-refractivity contribution >= 4 is 15.9 Å². The van der Waals surface area contributed by atoms with E-state index >= 15 is 0 Å². The summed E-state index contributed by atoms with van der Waals surface area (Å²) in [6, 6.07) is 6.36. The summed E-state index contributed by atoms with van der Waals surface area (Å²) >= 11 is 3.59. The van der Waals surface area contributed by atoms with E-state index in [2.05, 4.69) is 33.4 Å². The van der Waals surface area contributed by atoms with E-state index in [1.165, 1.54) is 5.56 Å². The monoisotopic (exact) mass is 321 g/mol. The maximum absolute atomic E-state index is 5.81. The van der Waals surface area contributed by atoms with Gasteiger partial charge in [-0.2, -0.15) is 0 Å². The van der Waals surface area contributed by atoms with Gasteiger partial charge in [-0.15, -0.1) is 0 Å². The van der Waals surface area contributed by atoms with Crippen LogP contribution >= 0.6 is 15.9 Å². The second kappa shape index (κ2) is 5.02. The molecule has 1 aliphatic rings. The van der Waals surface area contributed by atoms with Gasteiger partial charge in [0.15, 0.2) is 0 Å². The Morgan fingerprint density at radius 2 is 2.16 bits per heavy atom. The number of benzene rings is 1. The first-order valence-corrected chi connectivity index (χ1v) is 7.16. The molecular weight excluding hydrogens is 306 g/mol. The van der Waals surface area contributed by atoms with Crippen LogP contribution in [0, 0.1) is 6.92 Å². The minimum atomic E-state index is 0.0862. The lowest BCUT2D eigenvalue weighted by atomic mass is 9.96. The molecule has 0 saturated carbocycles. The molecule has 0 saturated heterocycles. The van der Waals surface area contributed by atoms with Crippen LogP contribution in [0.1, 0.15) is 28.5 Å². The molecule has 0 fully saturated rings. The fourth-order valence-electron chi connectivity index (χ4n) is 2.69. The zero-order valence-electron chi connectivity index (χ0n) is 11.0. The van der Waals surface area contributed by atoms with E-state index in [0.717, 1.165) is 40.1 Å². The van der Waals surface area contributed by atoms with Crippen LogP contribution in [-0.4, -0.2) is 13.7 Å². The van der Waals surface area contributed by atoms with Crippen molar-refractivity contribution in [2.24, 2.45) is 0 Å². The summed E-state index contributed by atoms with van der Waals surface area (Å²) in [6.45, 7) is 2.75. The van der Waals surface area contributed by atoms with Gasteiger partial charge < -0.3 is 14.5 Å². The number of furan rings is 1. The third-order valence-corrected chi connectivity index (χ3v) is 4.04. The number of nitrogens with one attached hydrogen (secondary N) is 1. The highest BCUT2D eigenvalue weighted by atomic mass is 79.9. The van der Waals surface area contributed by atoms with E-state index in [0.29, 0.717) is 0 Å². The van der Waals surface area contributed by atoms with Crippen LogP contribution in [0.2, 0.25) is 0 Å². The average Bonchev–Trinajstić information content (AvgIpc) is 2.99. The molecule has 0 aliphatic carbocycles. The molecule has 3 rings (SSSR count). The zero-order valence-corrected chi connectivity index (χ0v) is 12.6. The maximum atomic E-state index is 5.81. The summed E-state index contributed by atoms with van der Waals surface area (Å²) in [6.07, 6.45) is 2.71. The summed E-state index contributed by atoms with van der Waals surface area (Å²) < 4.78 is 12.3. The third-order valence-electron chi connectivity index (χ3n) is 3.59. The predicted octanol–water partition coefficient (Wildman–Crippen LogP) is 3.59. The lowest BCUT2D eigenvalue weighted by Crippen LogP contribution is -2.18. The summed E-state index contributed by atoms with van der Waals surface area (Å²) in [7, 11) is 1.96. The van der Waals surface area contributed by atoms with E-state index in [-0.39, 0.29) is 6.04 Å². The Morgan fingerprint density at radius 3 is 2.84 bits per heavy atom. The van der Waals surface area contributed by atoms with Gasteiger partial charge in [0, 0.05) is 22.0 Å². The highest BCUT2D eigenvalue weighted by molar-refractivity contribution is 9.10. The molecule has 2 heterocycles. The number of ether oxygens (including phenoxy) is 1. The largest absolute Gasteiger partial charge is 0.493 e. The molecule has 0 amide bonds. The summed E-state index contributed by atoms with van der Waals surface area (Å²) in [5, 5.41) is 3.36. The fourth-order valence-corrected chi connectivity index (χ4v) is 3.21. The van der Waals surface area contributed by atoms with Crippen LogP contribution in [0.15, 0.2) is 33.4 Å². The molecule has 19 heavy (non-hydrogen) atoms. The third kappa shape index (κ3) is 2.19. The predicted molar refractivity (Wildman–Crippen MR) is 77.7 cm³/mol. The van der Waals surface area contributed by atoms with Crippen molar-refractivity contribution in [3.63, 3.8) is 0 Å². The lowest BCUT2D eigenvalue weighted by molar-refractivity contribution is 0.351. The minimum absolute atomic E-state index is 0.0862. The van der Waals surface area contributed by atoms with Gasteiger partial charge in [0.1, 0.15) is 11.5 Å². The first-order valence-electron chi connectivity index (χ1n) is 6.37. The van der Waals surface area contributed by atoms with Crippen LogP contribution in [0.3, 0.4) is 0 Å². The number of halogens is 1. The molecule has 2 aromatic rings. The topological polar surface area (TPSA) is 34.4 Å². The first kappa shape index (κ1) is 12.8. The molecule has 1 N–H and O–H groups in total. The number of hydrogen-bond acceptors (Lipinski definition) is 3. The van der Waals surface area contributed by atoms with Gasteiger partial charge in [0.25, 0.3) is 0 Å². The second-order valence-corrected chi connectivity index (χ2v) is 5.65. The molecule has 1 aromatic carbocycles. The normalized spacial score (nSPS) is 15.1. The van der Waals surface area contributed by atoms with E-state index in [9.17, 15) is 0 Å². The van der Waals surface area contributed by atoms with Crippen molar-refractivity contribution in [1.82, 2.24) is 5.32 Å². The van der Waals surface area contributed by atoms with Gasteiger partial charge >= 0.3 is 0 Å². The molecule has 0 spiro atoms. The molecule has 1 atom stereocenters. The number of fused-ring (bicyclic) bond motifs is 1. The van der Waals surface area contributed by atoms with Crippen LogP contribution in [0.5, 0.6) is 5.75 Å². The average molecular weight is 322 g/mol. The molecule has 0 radical (unpaired) electrons. The Bertz CT molecular complexity index is 606. The second-order valence-electron chi connectivity index (χ2n) is 4.74. The summed E-state index contributed by atoms with van der Waals surface area (Å²) in [5.74, 6) is 1.95. The molecule has 0 bridgehead atoms. The van der Waals surface area contributed by atoms with Crippen molar-refractivity contribution in [2.45, 2.75) is 19.4 Å². The minimum Gasteiger partial charge on any atom is -0.493 e. The van der Waals surface area contributed by atoms with E-state index in [4.69, 9.17) is 9.15 Å². The summed E-state index contributed by atoms with van der Waals surface area (Å²) in [4.78, 5) is 0. The van der Waals surface area contributed by atoms with Crippen LogP contribution in [0.25, 0.3) is 0 Å². The lowest BCUT2D eigenvalue weighted by Gasteiger charge is -2.19. The van der Waals surface area contributed by atoms with Gasteiger partial charge in [-0.05, 0) is 37.7 Å². The number of aryl methyl sites for hydroxylation is 1. The van der Waals surface area contributed by atoms with E-state index < -0.39 is 0 Å². The van der Waals surface area contributed by atoms with Gasteiger partial charge in [-0.3, -0.25) is 0 Å². The number of rotatable bonds is 3. The van der Waals surface area contributed by atoms with Crippen molar-refractivity contribution < 1.29 is 9.15 Å². The van der Waals surface area contributed by atoms with Crippen molar-refractivity contribution in [1.29, 1.82) is 0 Å². The van der Waals surface area contributed by atoms with Crippen molar-refractivity contribution in [3.05, 3.63) is 51.4 Å². The fraction of sp³-hybridized carbons (Fsp3) is 0.333. The van der Waals surface area contributed by atoms with Crippen LogP contribution < -0.4 is 10.1 Å². The molecule has 1 aliphatic heterocycles. The van der Waals surface area contributed by atoms with Crippen molar-refractivity contribution in [3.8, 4) is 5.75 Å². The Hall–Kier alpha value is -1.26. The molecule has 3 nitrogen and oxygen atoms in total. The molecule has 1 unspecified atom stereocenters. The maximum Gasteiger partial charge on any atom is 0.127 e. The van der Waals surface area contributed by atoms with E-state index in [1.807, 2.05) is 20.0 Å². The highest BCUT2D eigenvalue weighted by Crippen LogP contribution is 2.39. The summed E-state index contributed by atoms with van der Waals surface area (Å²) in [5.41, 5.74) is 3.58. The van der Waals surface area contributed by atoms with Gasteiger partial charge in [-0.1, -0.05) is 15.9 Å². The van der Waals surface area contributed by atoms with Gasteiger partial charge in [0.2, 0.25) is 0 Å². The quantitative estimate of drug-likeness (QED) is 0.938. The Morgan fingerprint density at radius 1 is 1.32 bits per heavy atom.